The second kappa shape index (κ2) is 6.07. The predicted octanol–water partition coefficient (Wildman–Crippen LogP) is 3.80. The maximum Gasteiger partial charge on any atom is 0.434 e. The standard InChI is InChI=1S/C14H7F3IN3O2/c15-8-3-2-7(13-20-21-14(22)23-13)12(11(8)17)19-10-4-1-6(18)5-9(10)16/h1-5,19H,(H,21,22). The van der Waals surface area contributed by atoms with Gasteiger partial charge < -0.3 is 9.73 Å². The SMILES string of the molecule is O=c1[nH]nc(-c2ccc(F)c(F)c2Nc2ccc(I)cc2F)o1. The second-order valence-corrected chi connectivity index (χ2v) is 5.70. The summed E-state index contributed by atoms with van der Waals surface area (Å²) in [6, 6.07) is 6.23. The van der Waals surface area contributed by atoms with Gasteiger partial charge >= 0.3 is 5.76 Å². The quantitative estimate of drug-likeness (QED) is 0.617. The van der Waals surface area contributed by atoms with E-state index in [9.17, 15) is 18.0 Å². The van der Waals surface area contributed by atoms with Gasteiger partial charge in [-0.25, -0.2) is 23.1 Å². The third kappa shape index (κ3) is 3.09. The van der Waals surface area contributed by atoms with Gasteiger partial charge in [0.2, 0.25) is 0 Å². The van der Waals surface area contributed by atoms with Crippen molar-refractivity contribution in [2.24, 2.45) is 0 Å². The smallest absolute Gasteiger partial charge is 0.388 e. The summed E-state index contributed by atoms with van der Waals surface area (Å²) < 4.78 is 47.0. The van der Waals surface area contributed by atoms with E-state index in [1.165, 1.54) is 18.2 Å². The predicted molar refractivity (Wildman–Crippen MR) is 84.9 cm³/mol. The highest BCUT2D eigenvalue weighted by molar-refractivity contribution is 14.1. The monoisotopic (exact) mass is 433 g/mol. The van der Waals surface area contributed by atoms with Crippen LogP contribution in [0.4, 0.5) is 24.5 Å². The molecule has 0 aliphatic rings. The Hall–Kier alpha value is -2.30. The van der Waals surface area contributed by atoms with E-state index in [-0.39, 0.29) is 22.8 Å². The fourth-order valence-corrected chi connectivity index (χ4v) is 2.37. The van der Waals surface area contributed by atoms with Crippen LogP contribution >= 0.6 is 22.6 Å². The third-order valence-corrected chi connectivity index (χ3v) is 3.63. The number of halogens is 4. The van der Waals surface area contributed by atoms with Crippen LogP contribution in [-0.2, 0) is 0 Å². The van der Waals surface area contributed by atoms with Crippen molar-refractivity contribution in [1.29, 1.82) is 0 Å². The summed E-state index contributed by atoms with van der Waals surface area (Å²) in [6.45, 7) is 0. The van der Waals surface area contributed by atoms with Gasteiger partial charge in [0.1, 0.15) is 5.82 Å². The molecular weight excluding hydrogens is 426 g/mol. The first-order valence-electron chi connectivity index (χ1n) is 6.21. The Morgan fingerprint density at radius 3 is 2.57 bits per heavy atom. The van der Waals surface area contributed by atoms with E-state index >= 15 is 0 Å². The average Bonchev–Trinajstić information content (AvgIpc) is 2.93. The van der Waals surface area contributed by atoms with Crippen LogP contribution < -0.4 is 11.1 Å². The third-order valence-electron chi connectivity index (χ3n) is 2.95. The maximum atomic E-state index is 14.1. The van der Waals surface area contributed by atoms with E-state index in [1.807, 2.05) is 27.7 Å². The molecule has 0 fully saturated rings. The molecule has 3 rings (SSSR count). The van der Waals surface area contributed by atoms with Crippen molar-refractivity contribution < 1.29 is 17.6 Å². The molecule has 118 valence electrons. The molecule has 2 N–H and O–H groups in total. The van der Waals surface area contributed by atoms with Crippen LogP contribution in [0.25, 0.3) is 11.5 Å². The van der Waals surface area contributed by atoms with Crippen LogP contribution in [0.3, 0.4) is 0 Å². The average molecular weight is 433 g/mol. The number of nitrogens with zero attached hydrogens (tertiary/aromatic N) is 1. The maximum absolute atomic E-state index is 14.1. The molecule has 0 saturated carbocycles. The van der Waals surface area contributed by atoms with Gasteiger partial charge in [-0.1, -0.05) is 0 Å². The van der Waals surface area contributed by atoms with Gasteiger partial charge in [0.05, 0.1) is 16.9 Å². The number of aromatic nitrogens is 2. The largest absolute Gasteiger partial charge is 0.434 e. The summed E-state index contributed by atoms with van der Waals surface area (Å²) in [5, 5.41) is 8.06. The molecule has 2 aromatic carbocycles. The van der Waals surface area contributed by atoms with E-state index in [1.54, 1.807) is 6.07 Å². The molecule has 0 aliphatic carbocycles. The van der Waals surface area contributed by atoms with Crippen molar-refractivity contribution in [3.63, 3.8) is 0 Å². The first-order chi connectivity index (χ1) is 11.0. The van der Waals surface area contributed by atoms with Crippen LogP contribution in [-0.4, -0.2) is 10.2 Å². The topological polar surface area (TPSA) is 70.9 Å². The number of nitrogens with one attached hydrogen (secondary N) is 2. The number of aromatic amines is 1. The lowest BCUT2D eigenvalue weighted by Crippen LogP contribution is -2.01. The Morgan fingerprint density at radius 1 is 1.13 bits per heavy atom. The molecule has 0 spiro atoms. The molecule has 0 atom stereocenters. The zero-order chi connectivity index (χ0) is 16.6. The Balaban J connectivity index is 2.13. The summed E-state index contributed by atoms with van der Waals surface area (Å²) >= 11 is 1.92. The van der Waals surface area contributed by atoms with E-state index in [0.29, 0.717) is 3.57 Å². The molecule has 0 radical (unpaired) electrons. The van der Waals surface area contributed by atoms with E-state index in [4.69, 9.17) is 4.42 Å². The highest BCUT2D eigenvalue weighted by atomic mass is 127. The van der Waals surface area contributed by atoms with Crippen molar-refractivity contribution in [3.05, 3.63) is 61.9 Å². The fourth-order valence-electron chi connectivity index (χ4n) is 1.92. The Morgan fingerprint density at radius 2 is 1.91 bits per heavy atom. The van der Waals surface area contributed by atoms with Crippen LogP contribution in [0.2, 0.25) is 0 Å². The first-order valence-corrected chi connectivity index (χ1v) is 7.29. The Bertz CT molecular complexity index is 939. The zero-order valence-corrected chi connectivity index (χ0v) is 13.3. The first kappa shape index (κ1) is 15.6. The minimum absolute atomic E-state index is 0.0276. The van der Waals surface area contributed by atoms with Crippen molar-refractivity contribution >= 4 is 34.0 Å². The van der Waals surface area contributed by atoms with Gasteiger partial charge in [-0.2, -0.15) is 0 Å². The minimum Gasteiger partial charge on any atom is -0.388 e. The summed E-state index contributed by atoms with van der Waals surface area (Å²) in [5.74, 6) is -4.13. The van der Waals surface area contributed by atoms with Crippen molar-refractivity contribution in [3.8, 4) is 11.5 Å². The van der Waals surface area contributed by atoms with Crippen LogP contribution in [0.5, 0.6) is 0 Å². The normalized spacial score (nSPS) is 10.8. The molecule has 1 heterocycles. The number of hydrogen-bond donors (Lipinski definition) is 2. The van der Waals surface area contributed by atoms with Crippen molar-refractivity contribution in [1.82, 2.24) is 10.2 Å². The molecule has 5 nitrogen and oxygen atoms in total. The Labute approximate surface area is 140 Å². The van der Waals surface area contributed by atoms with Gasteiger partial charge in [0.15, 0.2) is 11.6 Å². The summed E-state index contributed by atoms with van der Waals surface area (Å²) in [6.07, 6.45) is 0. The second-order valence-electron chi connectivity index (χ2n) is 4.45. The van der Waals surface area contributed by atoms with Gasteiger partial charge in [0.25, 0.3) is 5.89 Å². The van der Waals surface area contributed by atoms with Gasteiger partial charge in [-0.15, -0.1) is 5.10 Å². The van der Waals surface area contributed by atoms with E-state index in [2.05, 4.69) is 10.4 Å². The summed E-state index contributed by atoms with van der Waals surface area (Å²) in [4.78, 5) is 11.0. The lowest BCUT2D eigenvalue weighted by Gasteiger charge is -2.12. The molecule has 3 aromatic rings. The van der Waals surface area contributed by atoms with Gasteiger partial charge in [-0.05, 0) is 52.9 Å². The molecule has 0 aliphatic heterocycles. The summed E-state index contributed by atoms with van der Waals surface area (Å²) in [5.41, 5.74) is -0.477. The molecule has 23 heavy (non-hydrogen) atoms. The Kier molecular flexibility index (Phi) is 4.11. The van der Waals surface area contributed by atoms with E-state index < -0.39 is 23.2 Å². The highest BCUT2D eigenvalue weighted by Gasteiger charge is 2.19. The number of benzene rings is 2. The molecule has 9 heteroatoms. The molecule has 0 saturated heterocycles. The number of rotatable bonds is 3. The summed E-state index contributed by atoms with van der Waals surface area (Å²) in [7, 11) is 0. The van der Waals surface area contributed by atoms with Crippen molar-refractivity contribution in [2.45, 2.75) is 0 Å². The highest BCUT2D eigenvalue weighted by Crippen LogP contribution is 2.33. The number of hydrogen-bond acceptors (Lipinski definition) is 4. The fraction of sp³-hybridized carbons (Fsp3) is 0. The molecule has 0 unspecified atom stereocenters. The number of anilines is 2. The van der Waals surface area contributed by atoms with Gasteiger partial charge in [-0.3, -0.25) is 0 Å². The van der Waals surface area contributed by atoms with Crippen LogP contribution in [0, 0.1) is 21.0 Å². The molecule has 0 bridgehead atoms. The molecule has 1 aromatic heterocycles. The lowest BCUT2D eigenvalue weighted by molar-refractivity contribution is 0.508. The van der Waals surface area contributed by atoms with Gasteiger partial charge in [0, 0.05) is 3.57 Å². The lowest BCUT2D eigenvalue weighted by atomic mass is 10.1. The van der Waals surface area contributed by atoms with Crippen LogP contribution in [0.15, 0.2) is 39.5 Å². The van der Waals surface area contributed by atoms with Crippen molar-refractivity contribution in [2.75, 3.05) is 5.32 Å². The van der Waals surface area contributed by atoms with E-state index in [0.717, 1.165) is 6.07 Å². The number of H-pyrrole nitrogens is 1. The molecule has 0 amide bonds. The zero-order valence-electron chi connectivity index (χ0n) is 11.2. The van der Waals surface area contributed by atoms with Crippen LogP contribution in [0.1, 0.15) is 0 Å². The minimum atomic E-state index is -1.24. The molecular formula is C14H7F3IN3O2.